The summed E-state index contributed by atoms with van der Waals surface area (Å²) in [5.74, 6) is -0.825. The number of carbonyl (C=O) groups is 3. The van der Waals surface area contributed by atoms with Gasteiger partial charge in [-0.2, -0.15) is 0 Å². The standard InChI is InChI=1S/C32H27BrFN3O5S/c1-41-24-12-8-21(29(18-24)42-2)16-28(37-31(39)20-6-4-3-5-7-20)32(40)35-23-10-13-25(14-11-23)43-19-30(38)36-27-15-9-22(33)17-26(27)34/h3-18H,19H2,1-2H3,(H,35,40)(H,36,38)(H,37,39)/b28-16-. The zero-order valence-corrected chi connectivity index (χ0v) is 25.6. The van der Waals surface area contributed by atoms with E-state index in [4.69, 9.17) is 9.47 Å². The predicted octanol–water partition coefficient (Wildman–Crippen LogP) is 6.75. The number of carbonyl (C=O) groups excluding carboxylic acids is 3. The van der Waals surface area contributed by atoms with E-state index in [1.54, 1.807) is 78.9 Å². The number of amides is 3. The van der Waals surface area contributed by atoms with Crippen molar-refractivity contribution >= 4 is 62.9 Å². The lowest BCUT2D eigenvalue weighted by atomic mass is 10.1. The quantitative estimate of drug-likeness (QED) is 0.121. The third kappa shape index (κ3) is 8.94. The molecule has 8 nitrogen and oxygen atoms in total. The summed E-state index contributed by atoms with van der Waals surface area (Å²) in [4.78, 5) is 39.4. The molecule has 0 unspecified atom stereocenters. The summed E-state index contributed by atoms with van der Waals surface area (Å²) in [5, 5.41) is 8.04. The maximum absolute atomic E-state index is 14.0. The first-order valence-corrected chi connectivity index (χ1v) is 14.6. The largest absolute Gasteiger partial charge is 0.497 e. The Morgan fingerprint density at radius 1 is 0.884 bits per heavy atom. The SMILES string of the molecule is COc1ccc(/C=C(\NC(=O)c2ccccc2)C(=O)Nc2ccc(SCC(=O)Nc3ccc(Br)cc3F)cc2)c(OC)c1. The summed E-state index contributed by atoms with van der Waals surface area (Å²) in [5.41, 5.74) is 1.50. The number of hydrogen-bond donors (Lipinski definition) is 3. The summed E-state index contributed by atoms with van der Waals surface area (Å²) in [7, 11) is 3.03. The predicted molar refractivity (Wildman–Crippen MR) is 170 cm³/mol. The number of rotatable bonds is 11. The van der Waals surface area contributed by atoms with Crippen molar-refractivity contribution in [3.8, 4) is 11.5 Å². The number of thioether (sulfide) groups is 1. The van der Waals surface area contributed by atoms with E-state index < -0.39 is 17.6 Å². The normalized spacial score (nSPS) is 10.9. The molecule has 0 aliphatic carbocycles. The highest BCUT2D eigenvalue weighted by Crippen LogP contribution is 2.27. The van der Waals surface area contributed by atoms with Gasteiger partial charge in [-0.1, -0.05) is 34.1 Å². The van der Waals surface area contributed by atoms with Gasteiger partial charge in [0.2, 0.25) is 5.91 Å². The third-order valence-electron chi connectivity index (χ3n) is 5.96. The van der Waals surface area contributed by atoms with Gasteiger partial charge in [-0.3, -0.25) is 14.4 Å². The molecule has 4 aromatic carbocycles. The molecule has 0 aromatic heterocycles. The first kappa shape index (κ1) is 31.3. The van der Waals surface area contributed by atoms with Crippen LogP contribution in [0.4, 0.5) is 15.8 Å². The smallest absolute Gasteiger partial charge is 0.272 e. The van der Waals surface area contributed by atoms with Crippen molar-refractivity contribution in [1.29, 1.82) is 0 Å². The van der Waals surface area contributed by atoms with Crippen LogP contribution in [0.1, 0.15) is 15.9 Å². The van der Waals surface area contributed by atoms with Crippen LogP contribution in [0.5, 0.6) is 11.5 Å². The molecule has 0 heterocycles. The van der Waals surface area contributed by atoms with Crippen molar-refractivity contribution in [2.75, 3.05) is 30.6 Å². The van der Waals surface area contributed by atoms with E-state index in [0.717, 1.165) is 4.90 Å². The molecule has 0 radical (unpaired) electrons. The van der Waals surface area contributed by atoms with Crippen molar-refractivity contribution in [3.05, 3.63) is 118 Å². The number of hydrogen-bond acceptors (Lipinski definition) is 6. The first-order chi connectivity index (χ1) is 20.7. The molecule has 0 bridgehead atoms. The topological polar surface area (TPSA) is 106 Å². The zero-order valence-electron chi connectivity index (χ0n) is 23.2. The molecule has 3 amide bonds. The second kappa shape index (κ2) is 15.0. The fourth-order valence-electron chi connectivity index (χ4n) is 3.79. The van der Waals surface area contributed by atoms with Gasteiger partial charge in [-0.25, -0.2) is 4.39 Å². The number of benzene rings is 4. The molecule has 3 N–H and O–H groups in total. The van der Waals surface area contributed by atoms with Crippen LogP contribution in [0, 0.1) is 5.82 Å². The molecule has 0 aliphatic heterocycles. The minimum Gasteiger partial charge on any atom is -0.497 e. The van der Waals surface area contributed by atoms with Gasteiger partial charge in [0.1, 0.15) is 23.0 Å². The Balaban J connectivity index is 1.45. The molecule has 220 valence electrons. The van der Waals surface area contributed by atoms with Crippen molar-refractivity contribution < 1.29 is 28.2 Å². The van der Waals surface area contributed by atoms with E-state index in [-0.39, 0.29) is 23.0 Å². The summed E-state index contributed by atoms with van der Waals surface area (Å²) in [6.45, 7) is 0. The number of halogens is 2. The number of methoxy groups -OCH3 is 2. The molecule has 43 heavy (non-hydrogen) atoms. The van der Waals surface area contributed by atoms with E-state index in [1.165, 1.54) is 44.2 Å². The number of ether oxygens (including phenoxy) is 2. The Hall–Kier alpha value is -4.61. The van der Waals surface area contributed by atoms with E-state index in [2.05, 4.69) is 31.9 Å². The second-order valence-corrected chi connectivity index (χ2v) is 10.9. The van der Waals surface area contributed by atoms with Gasteiger partial charge in [0.25, 0.3) is 11.8 Å². The highest BCUT2D eigenvalue weighted by Gasteiger charge is 2.17. The van der Waals surface area contributed by atoms with Gasteiger partial charge in [-0.15, -0.1) is 11.8 Å². The lowest BCUT2D eigenvalue weighted by Crippen LogP contribution is -2.30. The Bertz CT molecular complexity index is 1650. The number of nitrogens with one attached hydrogen (secondary N) is 3. The molecule has 11 heteroatoms. The minimum absolute atomic E-state index is 0.00684. The van der Waals surface area contributed by atoms with Gasteiger partial charge in [-0.05, 0) is 72.8 Å². The average Bonchev–Trinajstić information content (AvgIpc) is 3.02. The van der Waals surface area contributed by atoms with Crippen LogP contribution >= 0.6 is 27.7 Å². The third-order valence-corrected chi connectivity index (χ3v) is 7.46. The Morgan fingerprint density at radius 2 is 1.63 bits per heavy atom. The molecule has 4 aromatic rings. The zero-order chi connectivity index (χ0) is 30.8. The highest BCUT2D eigenvalue weighted by atomic mass is 79.9. The van der Waals surface area contributed by atoms with E-state index >= 15 is 0 Å². The molecule has 0 aliphatic rings. The van der Waals surface area contributed by atoms with Crippen molar-refractivity contribution in [2.45, 2.75) is 4.90 Å². The fraction of sp³-hybridized carbons (Fsp3) is 0.0938. The molecule has 0 saturated carbocycles. The van der Waals surface area contributed by atoms with Crippen LogP contribution in [-0.4, -0.2) is 37.7 Å². The van der Waals surface area contributed by atoms with Crippen LogP contribution in [0.25, 0.3) is 6.08 Å². The maximum Gasteiger partial charge on any atom is 0.272 e. The summed E-state index contributed by atoms with van der Waals surface area (Å²) >= 11 is 4.44. The van der Waals surface area contributed by atoms with Gasteiger partial charge in [0, 0.05) is 32.2 Å². The highest BCUT2D eigenvalue weighted by molar-refractivity contribution is 9.10. The van der Waals surface area contributed by atoms with Crippen molar-refractivity contribution in [2.24, 2.45) is 0 Å². The van der Waals surface area contributed by atoms with E-state index in [0.29, 0.717) is 32.8 Å². The average molecular weight is 665 g/mol. The summed E-state index contributed by atoms with van der Waals surface area (Å²) < 4.78 is 25.3. The molecular weight excluding hydrogens is 637 g/mol. The Labute approximate surface area is 260 Å². The minimum atomic E-state index is -0.557. The van der Waals surface area contributed by atoms with E-state index in [1.807, 2.05) is 0 Å². The monoisotopic (exact) mass is 663 g/mol. The molecule has 0 saturated heterocycles. The lowest BCUT2D eigenvalue weighted by Gasteiger charge is -2.13. The van der Waals surface area contributed by atoms with Crippen LogP contribution in [0.15, 0.2) is 106 Å². The van der Waals surface area contributed by atoms with Gasteiger partial charge in [0.15, 0.2) is 0 Å². The summed E-state index contributed by atoms with van der Waals surface area (Å²) in [6, 6.07) is 24.9. The maximum atomic E-state index is 14.0. The number of anilines is 2. The molecule has 0 atom stereocenters. The molecule has 0 spiro atoms. The van der Waals surface area contributed by atoms with Crippen LogP contribution in [0.2, 0.25) is 0 Å². The Morgan fingerprint density at radius 3 is 2.30 bits per heavy atom. The van der Waals surface area contributed by atoms with Crippen LogP contribution in [-0.2, 0) is 9.59 Å². The lowest BCUT2D eigenvalue weighted by molar-refractivity contribution is -0.114. The van der Waals surface area contributed by atoms with Gasteiger partial charge < -0.3 is 25.4 Å². The first-order valence-electron chi connectivity index (χ1n) is 12.8. The van der Waals surface area contributed by atoms with Crippen molar-refractivity contribution in [1.82, 2.24) is 5.32 Å². The van der Waals surface area contributed by atoms with E-state index in [9.17, 15) is 18.8 Å². The fourth-order valence-corrected chi connectivity index (χ4v) is 4.83. The molecular formula is C32H27BrFN3O5S. The van der Waals surface area contributed by atoms with Crippen LogP contribution < -0.4 is 25.4 Å². The molecule has 4 rings (SSSR count). The summed E-state index contributed by atoms with van der Waals surface area (Å²) in [6.07, 6.45) is 1.52. The van der Waals surface area contributed by atoms with Crippen molar-refractivity contribution in [3.63, 3.8) is 0 Å². The second-order valence-electron chi connectivity index (χ2n) is 8.93. The van der Waals surface area contributed by atoms with Gasteiger partial charge >= 0.3 is 0 Å². The Kier molecular flexibility index (Phi) is 11.0. The molecule has 0 fully saturated rings. The van der Waals surface area contributed by atoms with Gasteiger partial charge in [0.05, 0.1) is 25.7 Å². The van der Waals surface area contributed by atoms with Crippen LogP contribution in [0.3, 0.4) is 0 Å².